The monoisotopic (exact) mass is 490 g/mol. The number of rotatable bonds is 5. The first-order chi connectivity index (χ1) is 16.4. The predicted octanol–water partition coefficient (Wildman–Crippen LogP) is 7.03. The third-order valence-electron chi connectivity index (χ3n) is 5.80. The summed E-state index contributed by atoms with van der Waals surface area (Å²) < 4.78 is 15.5. The van der Waals surface area contributed by atoms with Crippen LogP contribution in [0.25, 0.3) is 17.0 Å². The van der Waals surface area contributed by atoms with Crippen molar-refractivity contribution in [2.45, 2.75) is 20.0 Å². The second kappa shape index (κ2) is 9.12. The number of benzene rings is 3. The number of hydrogen-bond acceptors (Lipinski definition) is 3. The number of amides is 2. The van der Waals surface area contributed by atoms with Gasteiger partial charge in [-0.05, 0) is 54.1 Å². The van der Waals surface area contributed by atoms with Crippen molar-refractivity contribution in [3.63, 3.8) is 0 Å². The van der Waals surface area contributed by atoms with E-state index in [1.165, 1.54) is 17.0 Å². The van der Waals surface area contributed by atoms with Crippen LogP contribution in [0.15, 0.2) is 77.8 Å². The molecule has 0 atom stereocenters. The quantitative estimate of drug-likeness (QED) is 0.282. The summed E-state index contributed by atoms with van der Waals surface area (Å²) in [6.45, 7) is 2.68. The number of aryl methyl sites for hydroxylation is 1. The first-order valence-corrected chi connectivity index (χ1v) is 11.9. The van der Waals surface area contributed by atoms with Gasteiger partial charge in [0.1, 0.15) is 5.82 Å². The third kappa shape index (κ3) is 4.39. The Hall–Kier alpha value is -3.35. The Morgan fingerprint density at radius 3 is 2.53 bits per heavy atom. The lowest BCUT2D eigenvalue weighted by molar-refractivity contribution is -0.123. The van der Waals surface area contributed by atoms with Gasteiger partial charge in [0, 0.05) is 34.2 Å². The van der Waals surface area contributed by atoms with Gasteiger partial charge in [0.25, 0.3) is 11.1 Å². The summed E-state index contributed by atoms with van der Waals surface area (Å²) in [6.07, 6.45) is 3.70. The molecule has 0 unspecified atom stereocenters. The molecule has 1 aliphatic rings. The van der Waals surface area contributed by atoms with Crippen LogP contribution in [0.3, 0.4) is 0 Å². The Bertz CT molecular complexity index is 1460. The topological polar surface area (TPSA) is 42.3 Å². The summed E-state index contributed by atoms with van der Waals surface area (Å²) in [5, 5.41) is 1.03. The van der Waals surface area contributed by atoms with E-state index in [1.807, 2.05) is 66.2 Å². The molecule has 0 radical (unpaired) electrons. The number of carbonyl (C=O) groups is 2. The second-order valence-electron chi connectivity index (χ2n) is 8.22. The molecule has 1 aromatic heterocycles. The molecule has 7 heteroatoms. The van der Waals surface area contributed by atoms with Gasteiger partial charge >= 0.3 is 0 Å². The molecular weight excluding hydrogens is 471 g/mol. The molecule has 1 saturated heterocycles. The Balaban J connectivity index is 1.46. The molecule has 0 spiro atoms. The van der Waals surface area contributed by atoms with Gasteiger partial charge in [-0.15, -0.1) is 0 Å². The fourth-order valence-electron chi connectivity index (χ4n) is 4.01. The van der Waals surface area contributed by atoms with E-state index in [0.29, 0.717) is 16.5 Å². The summed E-state index contributed by atoms with van der Waals surface area (Å²) in [5.41, 5.74) is 4.59. The molecule has 3 aromatic carbocycles. The van der Waals surface area contributed by atoms with Crippen LogP contribution >= 0.6 is 23.4 Å². The van der Waals surface area contributed by atoms with Gasteiger partial charge in [-0.25, -0.2) is 4.39 Å². The standard InChI is InChI=1S/C27H20ClFN2O2S/c1-17-6-8-18(9-7-17)14-31-26(32)25(34-27(31)33)12-20-16-30(24-5-3-2-4-22(20)24)15-19-10-11-21(29)13-23(19)28/h2-13,16H,14-15H2,1H3/b25-12-. The molecule has 1 aliphatic heterocycles. The maximum atomic E-state index is 13.5. The van der Waals surface area contributed by atoms with E-state index >= 15 is 0 Å². The van der Waals surface area contributed by atoms with Crippen molar-refractivity contribution in [2.24, 2.45) is 0 Å². The summed E-state index contributed by atoms with van der Waals surface area (Å²) in [4.78, 5) is 27.3. The van der Waals surface area contributed by atoms with Crippen molar-refractivity contribution in [2.75, 3.05) is 0 Å². The van der Waals surface area contributed by atoms with Crippen molar-refractivity contribution >= 4 is 51.5 Å². The van der Waals surface area contributed by atoms with E-state index in [2.05, 4.69) is 0 Å². The highest BCUT2D eigenvalue weighted by molar-refractivity contribution is 8.18. The number of hydrogen-bond donors (Lipinski definition) is 0. The van der Waals surface area contributed by atoms with Crippen LogP contribution < -0.4 is 0 Å². The zero-order chi connectivity index (χ0) is 23.8. The lowest BCUT2D eigenvalue weighted by Gasteiger charge is -2.12. The predicted molar refractivity (Wildman–Crippen MR) is 135 cm³/mol. The lowest BCUT2D eigenvalue weighted by atomic mass is 10.1. The van der Waals surface area contributed by atoms with Crippen LogP contribution in [0.5, 0.6) is 0 Å². The molecule has 5 rings (SSSR count). The van der Waals surface area contributed by atoms with Gasteiger partial charge in [0.15, 0.2) is 0 Å². The fourth-order valence-corrected chi connectivity index (χ4v) is 5.06. The highest BCUT2D eigenvalue weighted by Crippen LogP contribution is 2.35. The minimum Gasteiger partial charge on any atom is -0.342 e. The normalized spacial score (nSPS) is 15.1. The van der Waals surface area contributed by atoms with Crippen LogP contribution in [0.2, 0.25) is 5.02 Å². The van der Waals surface area contributed by atoms with E-state index in [0.717, 1.165) is 44.9 Å². The van der Waals surface area contributed by atoms with Crippen molar-refractivity contribution in [3.8, 4) is 0 Å². The van der Waals surface area contributed by atoms with E-state index in [9.17, 15) is 14.0 Å². The molecular formula is C27H20ClFN2O2S. The number of nitrogens with zero attached hydrogens (tertiary/aromatic N) is 2. The number of imide groups is 1. The zero-order valence-corrected chi connectivity index (χ0v) is 19.9. The zero-order valence-electron chi connectivity index (χ0n) is 18.3. The Kier molecular flexibility index (Phi) is 6.02. The smallest absolute Gasteiger partial charge is 0.293 e. The number of carbonyl (C=O) groups excluding carboxylic acids is 2. The molecule has 0 bridgehead atoms. The number of fused-ring (bicyclic) bond motifs is 1. The number of aromatic nitrogens is 1. The summed E-state index contributed by atoms with van der Waals surface area (Å²) in [5.74, 6) is -0.679. The SMILES string of the molecule is Cc1ccc(CN2C(=O)S/C(=C\c3cn(Cc4ccc(F)cc4Cl)c4ccccc34)C2=O)cc1. The van der Waals surface area contributed by atoms with Gasteiger partial charge in [-0.1, -0.05) is 65.7 Å². The van der Waals surface area contributed by atoms with Gasteiger partial charge in [-0.2, -0.15) is 0 Å². The molecule has 34 heavy (non-hydrogen) atoms. The van der Waals surface area contributed by atoms with E-state index in [4.69, 9.17) is 11.6 Å². The molecule has 2 heterocycles. The number of thioether (sulfide) groups is 1. The van der Waals surface area contributed by atoms with Gasteiger partial charge < -0.3 is 4.57 Å². The highest BCUT2D eigenvalue weighted by atomic mass is 35.5. The Morgan fingerprint density at radius 2 is 1.76 bits per heavy atom. The van der Waals surface area contributed by atoms with Crippen LogP contribution in [0.4, 0.5) is 9.18 Å². The van der Waals surface area contributed by atoms with Crippen molar-refractivity contribution < 1.29 is 14.0 Å². The Morgan fingerprint density at radius 1 is 1.00 bits per heavy atom. The van der Waals surface area contributed by atoms with E-state index in [-0.39, 0.29) is 23.5 Å². The largest absolute Gasteiger partial charge is 0.342 e. The van der Waals surface area contributed by atoms with Crippen molar-refractivity contribution in [3.05, 3.63) is 111 Å². The molecule has 4 nitrogen and oxygen atoms in total. The van der Waals surface area contributed by atoms with Gasteiger partial charge in [-0.3, -0.25) is 14.5 Å². The van der Waals surface area contributed by atoms with E-state index in [1.54, 1.807) is 12.1 Å². The fraction of sp³-hybridized carbons (Fsp3) is 0.111. The maximum Gasteiger partial charge on any atom is 0.293 e. The summed E-state index contributed by atoms with van der Waals surface area (Å²) >= 11 is 7.20. The average Bonchev–Trinajstić information content (AvgIpc) is 3.29. The first kappa shape index (κ1) is 22.4. The molecule has 1 fully saturated rings. The van der Waals surface area contributed by atoms with Gasteiger partial charge in [0.2, 0.25) is 0 Å². The molecule has 0 saturated carbocycles. The molecule has 0 aliphatic carbocycles. The van der Waals surface area contributed by atoms with E-state index < -0.39 is 0 Å². The molecule has 2 amide bonds. The third-order valence-corrected chi connectivity index (χ3v) is 7.06. The Labute approximate surface area is 205 Å². The highest BCUT2D eigenvalue weighted by Gasteiger charge is 2.35. The first-order valence-electron chi connectivity index (χ1n) is 10.7. The second-order valence-corrected chi connectivity index (χ2v) is 9.62. The minimum atomic E-state index is -0.381. The van der Waals surface area contributed by atoms with Gasteiger partial charge in [0.05, 0.1) is 11.4 Å². The van der Waals surface area contributed by atoms with Crippen LogP contribution in [-0.2, 0) is 17.9 Å². The number of para-hydroxylation sites is 1. The molecule has 170 valence electrons. The summed E-state index contributed by atoms with van der Waals surface area (Å²) in [7, 11) is 0. The lowest BCUT2D eigenvalue weighted by Crippen LogP contribution is -2.27. The van der Waals surface area contributed by atoms with Crippen molar-refractivity contribution in [1.29, 1.82) is 0 Å². The van der Waals surface area contributed by atoms with Crippen molar-refractivity contribution in [1.82, 2.24) is 9.47 Å². The van der Waals surface area contributed by atoms with Crippen LogP contribution in [0.1, 0.15) is 22.3 Å². The molecule has 4 aromatic rings. The van der Waals surface area contributed by atoms with Crippen LogP contribution in [0, 0.1) is 12.7 Å². The van der Waals surface area contributed by atoms with Crippen LogP contribution in [-0.4, -0.2) is 20.6 Å². The average molecular weight is 491 g/mol. The molecule has 0 N–H and O–H groups in total. The summed E-state index contributed by atoms with van der Waals surface area (Å²) in [6, 6.07) is 20.0. The number of halogens is 2. The maximum absolute atomic E-state index is 13.5. The minimum absolute atomic E-state index is 0.243.